The maximum absolute atomic E-state index is 4.39. The molecule has 0 spiro atoms. The minimum absolute atomic E-state index is 0.551. The first kappa shape index (κ1) is 11.3. The van der Waals surface area contributed by atoms with Gasteiger partial charge < -0.3 is 9.88 Å². The summed E-state index contributed by atoms with van der Waals surface area (Å²) >= 11 is 0. The molecule has 3 unspecified atom stereocenters. The maximum Gasteiger partial charge on any atom is 0.0951 e. The molecule has 0 aromatic carbocycles. The Morgan fingerprint density at radius 3 is 3.00 bits per heavy atom. The van der Waals surface area contributed by atoms with Crippen molar-refractivity contribution in [3.8, 4) is 0 Å². The average Bonchev–Trinajstić information content (AvgIpc) is 3.00. The highest BCUT2D eigenvalue weighted by molar-refractivity contribution is 5.09. The smallest absolute Gasteiger partial charge is 0.0951 e. The molecule has 0 bridgehead atoms. The van der Waals surface area contributed by atoms with Crippen LogP contribution in [0.4, 0.5) is 0 Å². The topological polar surface area (TPSA) is 29.9 Å². The molecule has 0 radical (unpaired) electrons. The summed E-state index contributed by atoms with van der Waals surface area (Å²) < 4.78 is 2.46. The standard InChI is InChI=1S/C14H23N3/c1-11-4-2-5-12(8-11)17-10-15-9-14(17)13-6-3-7-16-13/h9-13,16H,2-8H2,1H3. The second-order valence-electron chi connectivity index (χ2n) is 5.80. The molecule has 17 heavy (non-hydrogen) atoms. The lowest BCUT2D eigenvalue weighted by molar-refractivity contribution is 0.275. The fourth-order valence-corrected chi connectivity index (χ4v) is 3.48. The quantitative estimate of drug-likeness (QED) is 0.851. The zero-order chi connectivity index (χ0) is 11.7. The van der Waals surface area contributed by atoms with Crippen LogP contribution in [0.5, 0.6) is 0 Å². The molecule has 1 saturated carbocycles. The first-order chi connectivity index (χ1) is 8.34. The fraction of sp³-hybridized carbons (Fsp3) is 0.786. The zero-order valence-corrected chi connectivity index (χ0v) is 10.7. The summed E-state index contributed by atoms with van der Waals surface area (Å²) in [6, 6.07) is 1.24. The second-order valence-corrected chi connectivity index (χ2v) is 5.80. The Kier molecular flexibility index (Phi) is 3.19. The lowest BCUT2D eigenvalue weighted by atomic mass is 9.87. The van der Waals surface area contributed by atoms with Gasteiger partial charge in [0.2, 0.25) is 0 Å². The van der Waals surface area contributed by atoms with Crippen molar-refractivity contribution in [3.63, 3.8) is 0 Å². The molecule has 2 heterocycles. The van der Waals surface area contributed by atoms with Crippen molar-refractivity contribution in [1.29, 1.82) is 0 Å². The van der Waals surface area contributed by atoms with E-state index in [9.17, 15) is 0 Å². The third-order valence-electron chi connectivity index (χ3n) is 4.42. The van der Waals surface area contributed by atoms with Crippen molar-refractivity contribution in [2.45, 2.75) is 57.5 Å². The summed E-state index contributed by atoms with van der Waals surface area (Å²) in [6.45, 7) is 3.55. The summed E-state index contributed by atoms with van der Waals surface area (Å²) in [5.41, 5.74) is 1.42. The Hall–Kier alpha value is -0.830. The van der Waals surface area contributed by atoms with Gasteiger partial charge in [0.1, 0.15) is 0 Å². The minimum atomic E-state index is 0.551. The third kappa shape index (κ3) is 2.25. The van der Waals surface area contributed by atoms with Gasteiger partial charge in [-0.1, -0.05) is 19.8 Å². The van der Waals surface area contributed by atoms with E-state index in [1.165, 1.54) is 44.2 Å². The van der Waals surface area contributed by atoms with Gasteiger partial charge in [0.25, 0.3) is 0 Å². The van der Waals surface area contributed by atoms with Gasteiger partial charge in [-0.3, -0.25) is 0 Å². The van der Waals surface area contributed by atoms with Crippen LogP contribution in [0.2, 0.25) is 0 Å². The summed E-state index contributed by atoms with van der Waals surface area (Å²) in [4.78, 5) is 4.39. The Labute approximate surface area is 104 Å². The van der Waals surface area contributed by atoms with Crippen LogP contribution in [0.25, 0.3) is 0 Å². The van der Waals surface area contributed by atoms with Crippen molar-refractivity contribution in [1.82, 2.24) is 14.9 Å². The number of nitrogens with one attached hydrogen (secondary N) is 1. The van der Waals surface area contributed by atoms with Crippen LogP contribution in [0, 0.1) is 5.92 Å². The van der Waals surface area contributed by atoms with E-state index in [4.69, 9.17) is 0 Å². The van der Waals surface area contributed by atoms with Crippen LogP contribution < -0.4 is 5.32 Å². The first-order valence-electron chi connectivity index (χ1n) is 7.09. The molecule has 3 rings (SSSR count). The Morgan fingerprint density at radius 1 is 1.29 bits per heavy atom. The van der Waals surface area contributed by atoms with Gasteiger partial charge in [0.15, 0.2) is 0 Å². The van der Waals surface area contributed by atoms with Crippen LogP contribution in [0.1, 0.15) is 63.2 Å². The number of hydrogen-bond acceptors (Lipinski definition) is 2. The van der Waals surface area contributed by atoms with E-state index in [0.717, 1.165) is 12.5 Å². The normalized spacial score (nSPS) is 34.1. The predicted octanol–water partition coefficient (Wildman–Crippen LogP) is 3.06. The largest absolute Gasteiger partial charge is 0.330 e. The minimum Gasteiger partial charge on any atom is -0.330 e. The molecule has 94 valence electrons. The van der Waals surface area contributed by atoms with Gasteiger partial charge in [-0.2, -0.15) is 0 Å². The monoisotopic (exact) mass is 233 g/mol. The van der Waals surface area contributed by atoms with Crippen molar-refractivity contribution in [2.24, 2.45) is 5.92 Å². The van der Waals surface area contributed by atoms with E-state index in [1.54, 1.807) is 0 Å². The first-order valence-corrected chi connectivity index (χ1v) is 7.09. The SMILES string of the molecule is CC1CCCC(n2cncc2C2CCCN2)C1. The molecule has 1 aromatic rings. The summed E-state index contributed by atoms with van der Waals surface area (Å²) in [6.07, 6.45) is 12.1. The van der Waals surface area contributed by atoms with E-state index in [0.29, 0.717) is 12.1 Å². The molecule has 0 amide bonds. The fourth-order valence-electron chi connectivity index (χ4n) is 3.48. The van der Waals surface area contributed by atoms with E-state index in [2.05, 4.69) is 34.3 Å². The van der Waals surface area contributed by atoms with Gasteiger partial charge in [0, 0.05) is 18.3 Å². The van der Waals surface area contributed by atoms with Gasteiger partial charge in [-0.15, -0.1) is 0 Å². The van der Waals surface area contributed by atoms with Crippen molar-refractivity contribution >= 4 is 0 Å². The second kappa shape index (κ2) is 4.81. The van der Waals surface area contributed by atoms with Gasteiger partial charge in [-0.05, 0) is 38.1 Å². The number of imidazole rings is 1. The highest BCUT2D eigenvalue weighted by Crippen LogP contribution is 2.35. The van der Waals surface area contributed by atoms with Crippen molar-refractivity contribution in [3.05, 3.63) is 18.2 Å². The number of aromatic nitrogens is 2. The van der Waals surface area contributed by atoms with E-state index in [1.807, 2.05) is 0 Å². The van der Waals surface area contributed by atoms with Crippen LogP contribution in [-0.2, 0) is 0 Å². The van der Waals surface area contributed by atoms with Crippen LogP contribution in [-0.4, -0.2) is 16.1 Å². The van der Waals surface area contributed by atoms with Crippen LogP contribution in [0.3, 0.4) is 0 Å². The summed E-state index contributed by atoms with van der Waals surface area (Å²) in [5.74, 6) is 0.875. The van der Waals surface area contributed by atoms with Crippen molar-refractivity contribution in [2.75, 3.05) is 6.54 Å². The van der Waals surface area contributed by atoms with Gasteiger partial charge in [0.05, 0.1) is 12.0 Å². The molecule has 1 saturated heterocycles. The highest BCUT2D eigenvalue weighted by atomic mass is 15.1. The third-order valence-corrected chi connectivity index (χ3v) is 4.42. The molecular weight excluding hydrogens is 210 g/mol. The van der Waals surface area contributed by atoms with Gasteiger partial charge >= 0.3 is 0 Å². The molecule has 1 aliphatic carbocycles. The molecule has 3 heteroatoms. The molecule has 2 aliphatic rings. The summed E-state index contributed by atoms with van der Waals surface area (Å²) in [5, 5.41) is 3.59. The highest BCUT2D eigenvalue weighted by Gasteiger charge is 2.25. The molecule has 1 aliphatic heterocycles. The summed E-state index contributed by atoms with van der Waals surface area (Å²) in [7, 11) is 0. The Bertz CT molecular complexity index is 365. The zero-order valence-electron chi connectivity index (χ0n) is 10.7. The molecule has 1 N–H and O–H groups in total. The average molecular weight is 233 g/mol. The molecular formula is C14H23N3. The predicted molar refractivity (Wildman–Crippen MR) is 68.9 cm³/mol. The molecule has 1 aromatic heterocycles. The maximum atomic E-state index is 4.39. The number of hydrogen-bond donors (Lipinski definition) is 1. The van der Waals surface area contributed by atoms with E-state index in [-0.39, 0.29) is 0 Å². The van der Waals surface area contributed by atoms with Crippen molar-refractivity contribution < 1.29 is 0 Å². The van der Waals surface area contributed by atoms with Gasteiger partial charge in [-0.25, -0.2) is 4.98 Å². The molecule has 2 fully saturated rings. The Morgan fingerprint density at radius 2 is 2.24 bits per heavy atom. The Balaban J connectivity index is 1.79. The molecule has 3 atom stereocenters. The van der Waals surface area contributed by atoms with E-state index < -0.39 is 0 Å². The molecule has 3 nitrogen and oxygen atoms in total. The van der Waals surface area contributed by atoms with E-state index >= 15 is 0 Å². The number of rotatable bonds is 2. The lowest BCUT2D eigenvalue weighted by Crippen LogP contribution is -2.22. The van der Waals surface area contributed by atoms with Crippen LogP contribution in [0.15, 0.2) is 12.5 Å². The number of nitrogens with zero attached hydrogens (tertiary/aromatic N) is 2. The lowest BCUT2D eigenvalue weighted by Gasteiger charge is -2.30. The van der Waals surface area contributed by atoms with Crippen LogP contribution >= 0.6 is 0 Å².